The molecule has 160 valence electrons. The van der Waals surface area contributed by atoms with Crippen LogP contribution in [0.25, 0.3) is 10.9 Å². The first-order chi connectivity index (χ1) is 13.9. The van der Waals surface area contributed by atoms with Gasteiger partial charge in [-0.05, 0) is 62.7 Å². The van der Waals surface area contributed by atoms with E-state index in [1.807, 2.05) is 6.07 Å². The molecular weight excluding hydrogens is 377 g/mol. The van der Waals surface area contributed by atoms with Crippen molar-refractivity contribution in [2.75, 3.05) is 50.7 Å². The Morgan fingerprint density at radius 3 is 2.52 bits per heavy atom. The molecule has 1 aromatic heterocycles. The van der Waals surface area contributed by atoms with Gasteiger partial charge in [-0.1, -0.05) is 13.8 Å². The molecule has 2 aromatic rings. The number of fused-ring (bicyclic) bond motifs is 1. The van der Waals surface area contributed by atoms with E-state index in [4.69, 9.17) is 0 Å². The maximum atomic E-state index is 13.1. The van der Waals surface area contributed by atoms with E-state index < -0.39 is 11.7 Å². The van der Waals surface area contributed by atoms with Crippen LogP contribution in [0.4, 0.5) is 18.9 Å². The SMILES string of the molecule is CCN(CC)CCNCC1CCN(c2ccnc3ccc(C(F)(F)F)cc23)CC1. The monoisotopic (exact) mass is 408 g/mol. The number of hydrogen-bond acceptors (Lipinski definition) is 4. The highest BCUT2D eigenvalue weighted by Gasteiger charge is 2.31. The molecule has 3 rings (SSSR count). The maximum absolute atomic E-state index is 13.1. The van der Waals surface area contributed by atoms with E-state index in [0.29, 0.717) is 16.8 Å². The zero-order chi connectivity index (χ0) is 20.9. The Kier molecular flexibility index (Phi) is 7.35. The van der Waals surface area contributed by atoms with Crippen molar-refractivity contribution < 1.29 is 13.2 Å². The second-order valence-electron chi connectivity index (χ2n) is 7.72. The molecule has 0 spiro atoms. The molecule has 0 aliphatic carbocycles. The van der Waals surface area contributed by atoms with Gasteiger partial charge in [-0.2, -0.15) is 13.2 Å². The minimum Gasteiger partial charge on any atom is -0.371 e. The van der Waals surface area contributed by atoms with Crippen molar-refractivity contribution >= 4 is 16.6 Å². The van der Waals surface area contributed by atoms with Crippen LogP contribution < -0.4 is 10.2 Å². The van der Waals surface area contributed by atoms with Crippen molar-refractivity contribution in [3.05, 3.63) is 36.0 Å². The predicted molar refractivity (Wildman–Crippen MR) is 112 cm³/mol. The summed E-state index contributed by atoms with van der Waals surface area (Å²) in [5, 5.41) is 4.15. The standard InChI is InChI=1S/C22H31F3N4/c1-3-28(4-2)14-11-26-16-17-8-12-29(13-9-17)21-7-10-27-20-6-5-18(15-19(20)21)22(23,24)25/h5-7,10,15,17,26H,3-4,8-9,11-14,16H2,1-2H3. The number of benzene rings is 1. The van der Waals surface area contributed by atoms with Crippen molar-refractivity contribution in [1.29, 1.82) is 0 Å². The topological polar surface area (TPSA) is 31.4 Å². The van der Waals surface area contributed by atoms with E-state index in [-0.39, 0.29) is 0 Å². The Bertz CT molecular complexity index is 781. The van der Waals surface area contributed by atoms with Gasteiger partial charge in [0.05, 0.1) is 11.1 Å². The van der Waals surface area contributed by atoms with Gasteiger partial charge in [0.25, 0.3) is 0 Å². The van der Waals surface area contributed by atoms with Crippen molar-refractivity contribution in [2.45, 2.75) is 32.9 Å². The summed E-state index contributed by atoms with van der Waals surface area (Å²) in [7, 11) is 0. The molecule has 0 atom stereocenters. The number of likely N-dealkylation sites (N-methyl/N-ethyl adjacent to an activating group) is 1. The van der Waals surface area contributed by atoms with E-state index in [9.17, 15) is 13.2 Å². The average molecular weight is 409 g/mol. The third-order valence-electron chi connectivity index (χ3n) is 5.93. The fourth-order valence-corrected chi connectivity index (χ4v) is 4.04. The zero-order valence-corrected chi connectivity index (χ0v) is 17.3. The number of halogens is 3. The number of aromatic nitrogens is 1. The second kappa shape index (κ2) is 9.76. The van der Waals surface area contributed by atoms with Gasteiger partial charge in [-0.25, -0.2) is 0 Å². The highest BCUT2D eigenvalue weighted by Crippen LogP contribution is 2.35. The van der Waals surface area contributed by atoms with Crippen LogP contribution in [0.2, 0.25) is 0 Å². The molecule has 1 aliphatic heterocycles. The summed E-state index contributed by atoms with van der Waals surface area (Å²) in [5.74, 6) is 0.613. The van der Waals surface area contributed by atoms with Gasteiger partial charge in [0.15, 0.2) is 0 Å². The molecule has 0 unspecified atom stereocenters. The van der Waals surface area contributed by atoms with Crippen molar-refractivity contribution in [3.8, 4) is 0 Å². The van der Waals surface area contributed by atoms with Gasteiger partial charge in [-0.15, -0.1) is 0 Å². The summed E-state index contributed by atoms with van der Waals surface area (Å²) in [4.78, 5) is 8.85. The first kappa shape index (κ1) is 21.8. The highest BCUT2D eigenvalue weighted by atomic mass is 19.4. The molecule has 0 amide bonds. The summed E-state index contributed by atoms with van der Waals surface area (Å²) in [6.07, 6.45) is -0.570. The second-order valence-corrected chi connectivity index (χ2v) is 7.72. The molecule has 0 bridgehead atoms. The number of anilines is 1. The third kappa shape index (κ3) is 5.60. The Labute approximate surface area is 171 Å². The molecule has 1 aromatic carbocycles. The van der Waals surface area contributed by atoms with E-state index in [1.165, 1.54) is 12.1 Å². The van der Waals surface area contributed by atoms with Crippen LogP contribution in [0, 0.1) is 5.92 Å². The van der Waals surface area contributed by atoms with Crippen molar-refractivity contribution in [1.82, 2.24) is 15.2 Å². The normalized spacial score (nSPS) is 16.1. The number of nitrogens with one attached hydrogen (secondary N) is 1. The van der Waals surface area contributed by atoms with E-state index >= 15 is 0 Å². The number of alkyl halides is 3. The van der Waals surface area contributed by atoms with Crippen LogP contribution in [0.3, 0.4) is 0 Å². The van der Waals surface area contributed by atoms with Crippen LogP contribution in [-0.2, 0) is 6.18 Å². The Morgan fingerprint density at radius 2 is 1.86 bits per heavy atom. The molecule has 2 heterocycles. The number of hydrogen-bond donors (Lipinski definition) is 1. The predicted octanol–water partition coefficient (Wildman–Crippen LogP) is 4.40. The molecule has 1 N–H and O–H groups in total. The quantitative estimate of drug-likeness (QED) is 0.656. The average Bonchev–Trinajstić information content (AvgIpc) is 2.73. The first-order valence-corrected chi connectivity index (χ1v) is 10.6. The van der Waals surface area contributed by atoms with E-state index in [0.717, 1.165) is 70.4 Å². The smallest absolute Gasteiger partial charge is 0.371 e. The lowest BCUT2D eigenvalue weighted by atomic mass is 9.96. The molecule has 1 aliphatic rings. The largest absolute Gasteiger partial charge is 0.416 e. The summed E-state index contributed by atoms with van der Waals surface area (Å²) >= 11 is 0. The molecule has 1 saturated heterocycles. The number of rotatable bonds is 8. The fourth-order valence-electron chi connectivity index (χ4n) is 4.04. The van der Waals surface area contributed by atoms with Gasteiger partial charge in [-0.3, -0.25) is 4.98 Å². The van der Waals surface area contributed by atoms with Crippen LogP contribution in [0.1, 0.15) is 32.3 Å². The van der Waals surface area contributed by atoms with Crippen LogP contribution in [0.15, 0.2) is 30.5 Å². The van der Waals surface area contributed by atoms with Crippen molar-refractivity contribution in [3.63, 3.8) is 0 Å². The number of pyridine rings is 1. The molecular formula is C22H31F3N4. The van der Waals surface area contributed by atoms with Crippen LogP contribution in [-0.4, -0.2) is 55.7 Å². The molecule has 29 heavy (non-hydrogen) atoms. The van der Waals surface area contributed by atoms with E-state index in [1.54, 1.807) is 6.20 Å². The van der Waals surface area contributed by atoms with E-state index in [2.05, 4.69) is 33.9 Å². The van der Waals surface area contributed by atoms with Gasteiger partial charge < -0.3 is 15.1 Å². The molecule has 7 heteroatoms. The number of piperidine rings is 1. The van der Waals surface area contributed by atoms with Gasteiger partial charge in [0.2, 0.25) is 0 Å². The maximum Gasteiger partial charge on any atom is 0.416 e. The van der Waals surface area contributed by atoms with Gasteiger partial charge in [0.1, 0.15) is 0 Å². The zero-order valence-electron chi connectivity index (χ0n) is 17.3. The lowest BCUT2D eigenvalue weighted by Gasteiger charge is -2.34. The summed E-state index contributed by atoms with van der Waals surface area (Å²) < 4.78 is 39.4. The van der Waals surface area contributed by atoms with Gasteiger partial charge in [0, 0.05) is 43.4 Å². The summed E-state index contributed by atoms with van der Waals surface area (Å²) in [5.41, 5.74) is 0.844. The Hall–Kier alpha value is -1.86. The highest BCUT2D eigenvalue weighted by molar-refractivity contribution is 5.92. The van der Waals surface area contributed by atoms with Crippen LogP contribution in [0.5, 0.6) is 0 Å². The van der Waals surface area contributed by atoms with Crippen LogP contribution >= 0.6 is 0 Å². The molecule has 0 saturated carbocycles. The summed E-state index contributed by atoms with van der Waals surface area (Å²) in [6.45, 7) is 11.3. The minimum atomic E-state index is -4.34. The first-order valence-electron chi connectivity index (χ1n) is 10.6. The number of nitrogens with zero attached hydrogens (tertiary/aromatic N) is 3. The lowest BCUT2D eigenvalue weighted by molar-refractivity contribution is -0.137. The fraction of sp³-hybridized carbons (Fsp3) is 0.591. The Balaban J connectivity index is 1.59. The molecule has 4 nitrogen and oxygen atoms in total. The van der Waals surface area contributed by atoms with Crippen molar-refractivity contribution in [2.24, 2.45) is 5.92 Å². The third-order valence-corrected chi connectivity index (χ3v) is 5.93. The Morgan fingerprint density at radius 1 is 1.14 bits per heavy atom. The molecule has 0 radical (unpaired) electrons. The van der Waals surface area contributed by atoms with Gasteiger partial charge >= 0.3 is 6.18 Å². The molecule has 1 fully saturated rings. The summed E-state index contributed by atoms with van der Waals surface area (Å²) in [6, 6.07) is 5.65. The lowest BCUT2D eigenvalue weighted by Crippen LogP contribution is -2.39. The minimum absolute atomic E-state index is 0.582.